The van der Waals surface area contributed by atoms with Gasteiger partial charge in [0.2, 0.25) is 0 Å². The molecular weight excluding hydrogens is 216 g/mol. The highest BCUT2D eigenvalue weighted by Crippen LogP contribution is 2.33. The van der Waals surface area contributed by atoms with Crippen molar-refractivity contribution in [2.24, 2.45) is 11.1 Å². The molecule has 3 nitrogen and oxygen atoms in total. The van der Waals surface area contributed by atoms with Gasteiger partial charge in [-0.1, -0.05) is 5.16 Å². The first-order chi connectivity index (χ1) is 7.70. The normalized spacial score (nSPS) is 16.6. The van der Waals surface area contributed by atoms with Crippen molar-refractivity contribution in [3.05, 3.63) is 29.8 Å². The van der Waals surface area contributed by atoms with Crippen LogP contribution in [0.5, 0.6) is 5.75 Å². The lowest BCUT2D eigenvalue weighted by atomic mass is 10.1. The largest absolute Gasteiger partial charge is 0.435 e. The van der Waals surface area contributed by atoms with Crippen LogP contribution in [0.4, 0.5) is 8.78 Å². The molecule has 1 aromatic carbocycles. The van der Waals surface area contributed by atoms with Crippen LogP contribution in [0.2, 0.25) is 0 Å². The van der Waals surface area contributed by atoms with Crippen LogP contribution in [0.25, 0.3) is 0 Å². The molecule has 1 aromatic rings. The smallest absolute Gasteiger partial charge is 0.387 e. The molecule has 0 radical (unpaired) electrons. The van der Waals surface area contributed by atoms with Crippen LogP contribution >= 0.6 is 0 Å². The van der Waals surface area contributed by atoms with Crippen molar-refractivity contribution in [2.75, 3.05) is 0 Å². The average Bonchev–Trinajstić information content (AvgIpc) is 3.05. The Kier molecular flexibility index (Phi) is 3.03. The van der Waals surface area contributed by atoms with Gasteiger partial charge in [0.15, 0.2) is 0 Å². The van der Waals surface area contributed by atoms with E-state index in [2.05, 4.69) is 9.89 Å². The lowest BCUT2D eigenvalue weighted by Crippen LogP contribution is -2.05. The minimum absolute atomic E-state index is 0.104. The Hall–Kier alpha value is -1.65. The predicted octanol–water partition coefficient (Wildman–Crippen LogP) is 2.88. The first-order valence-corrected chi connectivity index (χ1v) is 4.98. The van der Waals surface area contributed by atoms with E-state index in [4.69, 9.17) is 5.21 Å². The number of hydrogen-bond donors (Lipinski definition) is 1. The molecule has 0 saturated heterocycles. The van der Waals surface area contributed by atoms with Crippen molar-refractivity contribution in [1.29, 1.82) is 0 Å². The van der Waals surface area contributed by atoms with E-state index in [1.807, 2.05) is 0 Å². The fourth-order valence-corrected chi connectivity index (χ4v) is 1.54. The Morgan fingerprint density at radius 1 is 1.31 bits per heavy atom. The molecule has 0 bridgehead atoms. The molecule has 86 valence electrons. The maximum atomic E-state index is 11.9. The molecule has 1 fully saturated rings. The second kappa shape index (κ2) is 4.47. The minimum atomic E-state index is -2.82. The molecule has 0 atom stereocenters. The van der Waals surface area contributed by atoms with E-state index < -0.39 is 6.61 Å². The van der Waals surface area contributed by atoms with Crippen LogP contribution < -0.4 is 4.74 Å². The first-order valence-electron chi connectivity index (χ1n) is 4.98. The Bertz CT molecular complexity index is 385. The van der Waals surface area contributed by atoms with E-state index >= 15 is 0 Å². The van der Waals surface area contributed by atoms with Crippen molar-refractivity contribution in [3.63, 3.8) is 0 Å². The number of hydrogen-bond acceptors (Lipinski definition) is 3. The molecule has 0 aromatic heterocycles. The second-order valence-electron chi connectivity index (χ2n) is 3.66. The standard InChI is InChI=1S/C11H11F2NO2/c12-11(13)16-9-5-3-8(4-6-9)10(14-15)7-1-2-7/h3-7,11,15H,1-2H2/b14-10+. The Morgan fingerprint density at radius 3 is 2.38 bits per heavy atom. The summed E-state index contributed by atoms with van der Waals surface area (Å²) in [5.41, 5.74) is 1.36. The highest BCUT2D eigenvalue weighted by molar-refractivity contribution is 6.03. The quantitative estimate of drug-likeness (QED) is 0.488. The van der Waals surface area contributed by atoms with Gasteiger partial charge in [-0.3, -0.25) is 0 Å². The molecule has 0 amide bonds. The van der Waals surface area contributed by atoms with Gasteiger partial charge in [-0.15, -0.1) is 0 Å². The molecule has 1 N–H and O–H groups in total. The van der Waals surface area contributed by atoms with Crippen molar-refractivity contribution in [1.82, 2.24) is 0 Å². The third-order valence-electron chi connectivity index (χ3n) is 2.45. The summed E-state index contributed by atoms with van der Waals surface area (Å²) in [6.07, 6.45) is 2.02. The fraction of sp³-hybridized carbons (Fsp3) is 0.364. The second-order valence-corrected chi connectivity index (χ2v) is 3.66. The predicted molar refractivity (Wildman–Crippen MR) is 54.1 cm³/mol. The molecule has 1 saturated carbocycles. The van der Waals surface area contributed by atoms with Crippen LogP contribution in [-0.2, 0) is 0 Å². The SMILES string of the molecule is O/N=C(/c1ccc(OC(F)F)cc1)C1CC1. The van der Waals surface area contributed by atoms with Crippen molar-refractivity contribution >= 4 is 5.71 Å². The van der Waals surface area contributed by atoms with E-state index in [1.165, 1.54) is 12.1 Å². The molecule has 16 heavy (non-hydrogen) atoms. The van der Waals surface area contributed by atoms with E-state index in [0.29, 0.717) is 11.6 Å². The molecule has 0 aliphatic heterocycles. The zero-order valence-corrected chi connectivity index (χ0v) is 8.44. The zero-order valence-electron chi connectivity index (χ0n) is 8.44. The van der Waals surface area contributed by atoms with E-state index in [0.717, 1.165) is 18.4 Å². The summed E-state index contributed by atoms with van der Waals surface area (Å²) in [4.78, 5) is 0. The maximum Gasteiger partial charge on any atom is 0.387 e. The van der Waals surface area contributed by atoms with Crippen LogP contribution in [0.1, 0.15) is 18.4 Å². The topological polar surface area (TPSA) is 41.8 Å². The lowest BCUT2D eigenvalue weighted by molar-refractivity contribution is -0.0498. The average molecular weight is 227 g/mol. The lowest BCUT2D eigenvalue weighted by Gasteiger charge is -2.06. The Morgan fingerprint density at radius 2 is 1.94 bits per heavy atom. The summed E-state index contributed by atoms with van der Waals surface area (Å²) in [5.74, 6) is 0.402. The molecule has 2 rings (SSSR count). The number of alkyl halides is 2. The van der Waals surface area contributed by atoms with Gasteiger partial charge >= 0.3 is 6.61 Å². The van der Waals surface area contributed by atoms with Gasteiger partial charge in [0.1, 0.15) is 5.75 Å². The number of nitrogens with zero attached hydrogens (tertiary/aromatic N) is 1. The summed E-state index contributed by atoms with van der Waals surface area (Å²) in [7, 11) is 0. The van der Waals surface area contributed by atoms with E-state index in [9.17, 15) is 8.78 Å². The monoisotopic (exact) mass is 227 g/mol. The van der Waals surface area contributed by atoms with Crippen LogP contribution in [0, 0.1) is 5.92 Å². The molecule has 5 heteroatoms. The molecular formula is C11H11F2NO2. The summed E-state index contributed by atoms with van der Waals surface area (Å²) >= 11 is 0. The molecule has 1 aliphatic carbocycles. The molecule has 0 unspecified atom stereocenters. The third-order valence-corrected chi connectivity index (χ3v) is 2.45. The number of rotatable bonds is 4. The fourth-order valence-electron chi connectivity index (χ4n) is 1.54. The van der Waals surface area contributed by atoms with Gasteiger partial charge in [0.05, 0.1) is 5.71 Å². The number of ether oxygens (including phenoxy) is 1. The van der Waals surface area contributed by atoms with Gasteiger partial charge < -0.3 is 9.94 Å². The molecule has 0 spiro atoms. The summed E-state index contributed by atoms with van der Waals surface area (Å²) in [6.45, 7) is -2.82. The van der Waals surface area contributed by atoms with Gasteiger partial charge in [0.25, 0.3) is 0 Å². The van der Waals surface area contributed by atoms with Crippen molar-refractivity contribution < 1.29 is 18.7 Å². The van der Waals surface area contributed by atoms with Crippen molar-refractivity contribution in [2.45, 2.75) is 19.5 Å². The van der Waals surface area contributed by atoms with Crippen molar-refractivity contribution in [3.8, 4) is 5.75 Å². The number of benzene rings is 1. The zero-order chi connectivity index (χ0) is 11.5. The highest BCUT2D eigenvalue weighted by Gasteiger charge is 2.29. The number of halogens is 2. The summed E-state index contributed by atoms with van der Waals surface area (Å²) in [6, 6.07) is 6.11. The van der Waals surface area contributed by atoms with Crippen LogP contribution in [0.15, 0.2) is 29.4 Å². The third kappa shape index (κ3) is 2.48. The summed E-state index contributed by atoms with van der Waals surface area (Å²) < 4.78 is 28.0. The van der Waals surface area contributed by atoms with E-state index in [-0.39, 0.29) is 5.75 Å². The van der Waals surface area contributed by atoms with Gasteiger partial charge in [-0.2, -0.15) is 8.78 Å². The maximum absolute atomic E-state index is 11.9. The Labute approximate surface area is 91.3 Å². The van der Waals surface area contributed by atoms with Crippen LogP contribution in [0.3, 0.4) is 0 Å². The number of oxime groups is 1. The summed E-state index contributed by atoms with van der Waals surface area (Å²) in [5, 5.41) is 12.1. The van der Waals surface area contributed by atoms with Gasteiger partial charge in [0, 0.05) is 5.92 Å². The highest BCUT2D eigenvalue weighted by atomic mass is 19.3. The van der Waals surface area contributed by atoms with E-state index in [1.54, 1.807) is 12.1 Å². The van der Waals surface area contributed by atoms with Gasteiger partial charge in [-0.25, -0.2) is 0 Å². The molecule has 0 heterocycles. The Balaban J connectivity index is 2.12. The minimum Gasteiger partial charge on any atom is -0.435 e. The molecule has 1 aliphatic rings. The first kappa shape index (κ1) is 10.9. The van der Waals surface area contributed by atoms with Crippen LogP contribution in [-0.4, -0.2) is 17.5 Å². The van der Waals surface area contributed by atoms with Gasteiger partial charge in [-0.05, 0) is 42.7 Å².